The number of hydrogen-bond acceptors (Lipinski definition) is 2. The summed E-state index contributed by atoms with van der Waals surface area (Å²) < 4.78 is 0.909. The van der Waals surface area contributed by atoms with Crippen molar-refractivity contribution in [3.8, 4) is 0 Å². The van der Waals surface area contributed by atoms with Crippen LogP contribution in [0.1, 0.15) is 10.4 Å². The molecular formula is C12H8BrNO3. The van der Waals surface area contributed by atoms with Gasteiger partial charge in [0.15, 0.2) is 5.78 Å². The number of carbonyl (C=O) groups excluding carboxylic acids is 1. The summed E-state index contributed by atoms with van der Waals surface area (Å²) in [6.07, 6.45) is 3.46. The number of H-pyrrole nitrogens is 1. The normalized spacial score (nSPS) is 11.1. The van der Waals surface area contributed by atoms with Gasteiger partial charge in [-0.25, -0.2) is 4.79 Å². The minimum absolute atomic E-state index is 0.332. The molecule has 1 heterocycles. The Bertz CT molecular complexity index is 628. The van der Waals surface area contributed by atoms with Crippen molar-refractivity contribution >= 4 is 38.6 Å². The minimum atomic E-state index is -1.14. The number of rotatable bonds is 3. The summed E-state index contributed by atoms with van der Waals surface area (Å²) in [5.41, 5.74) is 1.29. The molecule has 17 heavy (non-hydrogen) atoms. The van der Waals surface area contributed by atoms with Crippen LogP contribution >= 0.6 is 15.9 Å². The smallest absolute Gasteiger partial charge is 0.328 e. The first-order valence-corrected chi connectivity index (χ1v) is 5.59. The molecule has 0 unspecified atom stereocenters. The third-order valence-corrected chi connectivity index (χ3v) is 2.78. The van der Waals surface area contributed by atoms with Crippen LogP contribution in [0, 0.1) is 0 Å². The average Bonchev–Trinajstić information content (AvgIpc) is 2.68. The number of ketones is 1. The van der Waals surface area contributed by atoms with E-state index >= 15 is 0 Å². The van der Waals surface area contributed by atoms with Crippen LogP contribution in [0.4, 0.5) is 0 Å². The van der Waals surface area contributed by atoms with Gasteiger partial charge in [0.05, 0.1) is 0 Å². The molecule has 5 heteroatoms. The van der Waals surface area contributed by atoms with Gasteiger partial charge in [0.25, 0.3) is 0 Å². The first-order chi connectivity index (χ1) is 8.08. The van der Waals surface area contributed by atoms with Crippen molar-refractivity contribution in [2.75, 3.05) is 0 Å². The Hall–Kier alpha value is -1.88. The standard InChI is InChI=1S/C12H8BrNO3/c13-7-1-2-8-9(6-14-10(8)5-7)11(15)3-4-12(16)17/h1-6,14H,(H,16,17). The van der Waals surface area contributed by atoms with Crippen molar-refractivity contribution < 1.29 is 14.7 Å². The molecule has 0 aliphatic carbocycles. The third kappa shape index (κ3) is 2.45. The lowest BCUT2D eigenvalue weighted by atomic mass is 10.1. The number of fused-ring (bicyclic) bond motifs is 1. The number of aromatic amines is 1. The SMILES string of the molecule is O=C(O)C=CC(=O)c1c[nH]c2cc(Br)ccc12. The van der Waals surface area contributed by atoms with Crippen LogP contribution < -0.4 is 0 Å². The highest BCUT2D eigenvalue weighted by atomic mass is 79.9. The van der Waals surface area contributed by atoms with Gasteiger partial charge in [-0.05, 0) is 18.2 Å². The summed E-state index contributed by atoms with van der Waals surface area (Å²) in [4.78, 5) is 25.0. The summed E-state index contributed by atoms with van der Waals surface area (Å²) in [6.45, 7) is 0. The summed E-state index contributed by atoms with van der Waals surface area (Å²) in [5.74, 6) is -1.47. The van der Waals surface area contributed by atoms with Gasteiger partial charge in [-0.1, -0.05) is 22.0 Å². The van der Waals surface area contributed by atoms with E-state index in [0.29, 0.717) is 5.56 Å². The fraction of sp³-hybridized carbons (Fsp3) is 0. The summed E-state index contributed by atoms with van der Waals surface area (Å²) >= 11 is 3.33. The second-order valence-electron chi connectivity index (χ2n) is 3.43. The van der Waals surface area contributed by atoms with E-state index in [0.717, 1.165) is 27.5 Å². The zero-order valence-electron chi connectivity index (χ0n) is 8.61. The van der Waals surface area contributed by atoms with Crippen molar-refractivity contribution in [2.24, 2.45) is 0 Å². The van der Waals surface area contributed by atoms with Crippen LogP contribution in [0.25, 0.3) is 10.9 Å². The number of carboxylic acids is 1. The second kappa shape index (κ2) is 4.55. The number of carboxylic acid groups (broad SMARTS) is 1. The zero-order chi connectivity index (χ0) is 12.4. The Morgan fingerprint density at radius 2 is 2.06 bits per heavy atom. The van der Waals surface area contributed by atoms with E-state index in [2.05, 4.69) is 20.9 Å². The highest BCUT2D eigenvalue weighted by molar-refractivity contribution is 9.10. The first kappa shape index (κ1) is 11.6. The van der Waals surface area contributed by atoms with Gasteiger partial charge in [0, 0.05) is 33.2 Å². The van der Waals surface area contributed by atoms with E-state index in [-0.39, 0.29) is 5.78 Å². The van der Waals surface area contributed by atoms with Gasteiger partial charge in [-0.15, -0.1) is 0 Å². The van der Waals surface area contributed by atoms with Gasteiger partial charge in [0.2, 0.25) is 0 Å². The van der Waals surface area contributed by atoms with Crippen LogP contribution in [-0.4, -0.2) is 21.8 Å². The number of aliphatic carboxylic acids is 1. The molecule has 1 aromatic carbocycles. The molecule has 0 saturated carbocycles. The number of halogens is 1. The second-order valence-corrected chi connectivity index (χ2v) is 4.34. The lowest BCUT2D eigenvalue weighted by molar-refractivity contribution is -0.131. The highest BCUT2D eigenvalue weighted by Gasteiger charge is 2.09. The Morgan fingerprint density at radius 1 is 1.29 bits per heavy atom. The van der Waals surface area contributed by atoms with E-state index in [9.17, 15) is 9.59 Å². The number of allylic oxidation sites excluding steroid dienone is 1. The van der Waals surface area contributed by atoms with Crippen LogP contribution in [-0.2, 0) is 4.79 Å². The summed E-state index contributed by atoms with van der Waals surface area (Å²) in [6, 6.07) is 5.48. The number of hydrogen-bond donors (Lipinski definition) is 2. The number of carbonyl (C=O) groups is 2. The van der Waals surface area contributed by atoms with Crippen LogP contribution in [0.5, 0.6) is 0 Å². The largest absolute Gasteiger partial charge is 0.478 e. The Morgan fingerprint density at radius 3 is 2.76 bits per heavy atom. The van der Waals surface area contributed by atoms with E-state index < -0.39 is 5.97 Å². The van der Waals surface area contributed by atoms with Crippen LogP contribution in [0.15, 0.2) is 41.0 Å². The molecule has 0 amide bonds. The molecule has 0 saturated heterocycles. The lowest BCUT2D eigenvalue weighted by Crippen LogP contribution is -1.95. The van der Waals surface area contributed by atoms with E-state index in [1.54, 1.807) is 12.3 Å². The van der Waals surface area contributed by atoms with E-state index in [1.165, 1.54) is 0 Å². The molecule has 0 radical (unpaired) electrons. The van der Waals surface area contributed by atoms with Crippen molar-refractivity contribution in [3.63, 3.8) is 0 Å². The number of nitrogens with one attached hydrogen (secondary N) is 1. The van der Waals surface area contributed by atoms with Gasteiger partial charge in [-0.3, -0.25) is 4.79 Å². The van der Waals surface area contributed by atoms with Crippen LogP contribution in [0.2, 0.25) is 0 Å². The molecule has 2 N–H and O–H groups in total. The van der Waals surface area contributed by atoms with Gasteiger partial charge in [0.1, 0.15) is 0 Å². The molecular weight excluding hydrogens is 286 g/mol. The Kier molecular flexibility index (Phi) is 3.10. The maximum absolute atomic E-state index is 11.7. The molecule has 2 aromatic rings. The molecule has 0 spiro atoms. The monoisotopic (exact) mass is 293 g/mol. The van der Waals surface area contributed by atoms with E-state index in [1.807, 2.05) is 12.1 Å². The quantitative estimate of drug-likeness (QED) is 0.675. The Balaban J connectivity index is 2.43. The molecule has 0 bridgehead atoms. The fourth-order valence-electron chi connectivity index (χ4n) is 1.54. The number of benzene rings is 1. The van der Waals surface area contributed by atoms with Crippen molar-refractivity contribution in [3.05, 3.63) is 46.6 Å². The first-order valence-electron chi connectivity index (χ1n) is 4.80. The molecule has 2 rings (SSSR count). The minimum Gasteiger partial charge on any atom is -0.478 e. The summed E-state index contributed by atoms with van der Waals surface area (Å²) in [7, 11) is 0. The maximum Gasteiger partial charge on any atom is 0.328 e. The molecule has 0 fully saturated rings. The summed E-state index contributed by atoms with van der Waals surface area (Å²) in [5, 5.41) is 9.23. The van der Waals surface area contributed by atoms with Gasteiger partial charge >= 0.3 is 5.97 Å². The highest BCUT2D eigenvalue weighted by Crippen LogP contribution is 2.22. The molecule has 86 valence electrons. The molecule has 0 aliphatic rings. The molecule has 4 nitrogen and oxygen atoms in total. The van der Waals surface area contributed by atoms with Gasteiger partial charge in [-0.2, -0.15) is 0 Å². The fourth-order valence-corrected chi connectivity index (χ4v) is 1.90. The molecule has 0 atom stereocenters. The number of aromatic nitrogens is 1. The molecule has 0 aliphatic heterocycles. The van der Waals surface area contributed by atoms with Crippen molar-refractivity contribution in [2.45, 2.75) is 0 Å². The van der Waals surface area contributed by atoms with Crippen molar-refractivity contribution in [1.29, 1.82) is 0 Å². The van der Waals surface area contributed by atoms with Crippen molar-refractivity contribution in [1.82, 2.24) is 4.98 Å². The predicted octanol–water partition coefficient (Wildman–Crippen LogP) is 2.75. The third-order valence-electron chi connectivity index (χ3n) is 2.29. The predicted molar refractivity (Wildman–Crippen MR) is 67.1 cm³/mol. The lowest BCUT2D eigenvalue weighted by Gasteiger charge is -1.94. The average molecular weight is 294 g/mol. The van der Waals surface area contributed by atoms with E-state index in [4.69, 9.17) is 5.11 Å². The van der Waals surface area contributed by atoms with Crippen LogP contribution in [0.3, 0.4) is 0 Å². The maximum atomic E-state index is 11.7. The van der Waals surface area contributed by atoms with Gasteiger partial charge < -0.3 is 10.1 Å². The topological polar surface area (TPSA) is 70.2 Å². The Labute approximate surface area is 105 Å². The molecule has 1 aromatic heterocycles. The zero-order valence-corrected chi connectivity index (χ0v) is 10.2.